The molecule has 0 aliphatic heterocycles. The summed E-state index contributed by atoms with van der Waals surface area (Å²) >= 11 is 0. The highest BCUT2D eigenvalue weighted by Crippen LogP contribution is 2.18. The Balaban J connectivity index is 1.76. The van der Waals surface area contributed by atoms with Crippen molar-refractivity contribution in [2.75, 3.05) is 6.54 Å². The first-order valence-electron chi connectivity index (χ1n) is 8.21. The number of amides is 1. The highest BCUT2D eigenvalue weighted by molar-refractivity contribution is 6.04. The minimum absolute atomic E-state index is 0.209. The van der Waals surface area contributed by atoms with E-state index in [-0.39, 0.29) is 11.5 Å². The Morgan fingerprint density at radius 3 is 2.44 bits per heavy atom. The summed E-state index contributed by atoms with van der Waals surface area (Å²) < 4.78 is 13.7. The van der Waals surface area contributed by atoms with E-state index in [4.69, 9.17) is 0 Å². The van der Waals surface area contributed by atoms with Gasteiger partial charge in [0.25, 0.3) is 5.91 Å². The van der Waals surface area contributed by atoms with E-state index in [1.54, 1.807) is 0 Å². The van der Waals surface area contributed by atoms with Gasteiger partial charge in [0, 0.05) is 25.0 Å². The van der Waals surface area contributed by atoms with Gasteiger partial charge in [0.15, 0.2) is 0 Å². The molecule has 0 fully saturated rings. The highest BCUT2D eigenvalue weighted by Gasteiger charge is 2.14. The Kier molecular flexibility index (Phi) is 4.74. The second kappa shape index (κ2) is 6.97. The van der Waals surface area contributed by atoms with Crippen molar-refractivity contribution in [2.45, 2.75) is 27.2 Å². The van der Waals surface area contributed by atoms with E-state index >= 15 is 0 Å². The van der Waals surface area contributed by atoms with Crippen molar-refractivity contribution < 1.29 is 9.18 Å². The topological polar surface area (TPSA) is 54.9 Å². The van der Waals surface area contributed by atoms with Crippen LogP contribution in [0.25, 0.3) is 11.0 Å². The van der Waals surface area contributed by atoms with Crippen LogP contribution in [0, 0.1) is 26.6 Å². The minimum atomic E-state index is -0.497. The van der Waals surface area contributed by atoms with Gasteiger partial charge in [-0.2, -0.15) is 0 Å². The van der Waals surface area contributed by atoms with Crippen molar-refractivity contribution in [1.29, 1.82) is 0 Å². The monoisotopic (exact) mass is 337 g/mol. The number of fused-ring (bicyclic) bond motifs is 1. The number of hydrogen-bond acceptors (Lipinski definition) is 3. The fraction of sp³-hybridized carbons (Fsp3) is 0.250. The van der Waals surface area contributed by atoms with Crippen LogP contribution in [0.2, 0.25) is 0 Å². The summed E-state index contributed by atoms with van der Waals surface area (Å²) in [7, 11) is 0. The molecule has 1 N–H and O–H groups in total. The van der Waals surface area contributed by atoms with E-state index in [0.29, 0.717) is 17.6 Å². The fourth-order valence-corrected chi connectivity index (χ4v) is 3.21. The van der Waals surface area contributed by atoms with Crippen LogP contribution in [0.4, 0.5) is 4.39 Å². The predicted octanol–water partition coefficient (Wildman–Crippen LogP) is 3.67. The summed E-state index contributed by atoms with van der Waals surface area (Å²) in [4.78, 5) is 20.7. The lowest BCUT2D eigenvalue weighted by atomic mass is 9.97. The molecule has 5 heteroatoms. The molecule has 0 bridgehead atoms. The Morgan fingerprint density at radius 2 is 1.72 bits per heavy atom. The molecular weight excluding hydrogens is 317 g/mol. The van der Waals surface area contributed by atoms with E-state index in [9.17, 15) is 9.18 Å². The van der Waals surface area contributed by atoms with Crippen LogP contribution in [-0.2, 0) is 6.42 Å². The van der Waals surface area contributed by atoms with Gasteiger partial charge in [0.05, 0.1) is 11.1 Å². The average Bonchev–Trinajstić information content (AvgIpc) is 2.56. The van der Waals surface area contributed by atoms with E-state index in [0.717, 1.165) is 6.42 Å². The number of hydrogen-bond donors (Lipinski definition) is 1. The summed E-state index contributed by atoms with van der Waals surface area (Å²) in [6.07, 6.45) is 3.70. The van der Waals surface area contributed by atoms with Crippen molar-refractivity contribution in [1.82, 2.24) is 15.3 Å². The number of nitrogens with one attached hydrogen (secondary N) is 1. The Morgan fingerprint density at radius 1 is 1.04 bits per heavy atom. The molecule has 2 aromatic carbocycles. The predicted molar refractivity (Wildman–Crippen MR) is 96.2 cm³/mol. The summed E-state index contributed by atoms with van der Waals surface area (Å²) in [6, 6.07) is 6.76. The normalized spacial score (nSPS) is 10.9. The van der Waals surface area contributed by atoms with Crippen LogP contribution in [0.5, 0.6) is 0 Å². The fourth-order valence-electron chi connectivity index (χ4n) is 3.21. The third-order valence-corrected chi connectivity index (χ3v) is 4.28. The van der Waals surface area contributed by atoms with E-state index < -0.39 is 5.82 Å². The molecular formula is C20H20FN3O. The van der Waals surface area contributed by atoms with Crippen LogP contribution in [0.3, 0.4) is 0 Å². The lowest BCUT2D eigenvalue weighted by molar-refractivity contribution is 0.0955. The van der Waals surface area contributed by atoms with E-state index in [2.05, 4.69) is 48.2 Å². The molecule has 1 aromatic heterocycles. The number of nitrogens with zero attached hydrogens (tertiary/aromatic N) is 2. The molecule has 3 rings (SSSR count). The maximum Gasteiger partial charge on any atom is 0.253 e. The van der Waals surface area contributed by atoms with Gasteiger partial charge < -0.3 is 5.32 Å². The molecule has 0 spiro atoms. The zero-order valence-electron chi connectivity index (χ0n) is 14.6. The van der Waals surface area contributed by atoms with Gasteiger partial charge >= 0.3 is 0 Å². The van der Waals surface area contributed by atoms with Crippen LogP contribution in [0.15, 0.2) is 36.7 Å². The summed E-state index contributed by atoms with van der Waals surface area (Å²) in [5, 5.41) is 2.86. The number of aromatic nitrogens is 2. The van der Waals surface area contributed by atoms with Crippen LogP contribution in [-0.4, -0.2) is 22.4 Å². The second-order valence-electron chi connectivity index (χ2n) is 6.26. The zero-order chi connectivity index (χ0) is 18.0. The summed E-state index contributed by atoms with van der Waals surface area (Å²) in [6.45, 7) is 6.70. The van der Waals surface area contributed by atoms with Crippen molar-refractivity contribution in [3.05, 3.63) is 70.3 Å². The number of carbonyl (C=O) groups is 1. The van der Waals surface area contributed by atoms with Crippen LogP contribution >= 0.6 is 0 Å². The van der Waals surface area contributed by atoms with Crippen LogP contribution < -0.4 is 5.32 Å². The van der Waals surface area contributed by atoms with Crippen LogP contribution in [0.1, 0.15) is 32.6 Å². The van der Waals surface area contributed by atoms with Gasteiger partial charge in [-0.25, -0.2) is 4.39 Å². The average molecular weight is 337 g/mol. The molecule has 1 amide bonds. The second-order valence-corrected chi connectivity index (χ2v) is 6.26. The molecule has 0 atom stereocenters. The summed E-state index contributed by atoms with van der Waals surface area (Å²) in [5.41, 5.74) is 5.88. The smallest absolute Gasteiger partial charge is 0.253 e. The van der Waals surface area contributed by atoms with E-state index in [1.807, 2.05) is 0 Å². The molecule has 25 heavy (non-hydrogen) atoms. The van der Waals surface area contributed by atoms with Crippen molar-refractivity contribution in [2.24, 2.45) is 0 Å². The Labute approximate surface area is 146 Å². The number of carbonyl (C=O) groups excluding carboxylic acids is 1. The Hall–Kier alpha value is -2.82. The number of aryl methyl sites for hydroxylation is 3. The maximum atomic E-state index is 13.7. The van der Waals surface area contributed by atoms with Gasteiger partial charge in [0.1, 0.15) is 11.3 Å². The minimum Gasteiger partial charge on any atom is -0.352 e. The molecule has 0 saturated heterocycles. The maximum absolute atomic E-state index is 13.7. The largest absolute Gasteiger partial charge is 0.352 e. The van der Waals surface area contributed by atoms with Crippen molar-refractivity contribution in [3.63, 3.8) is 0 Å². The molecule has 0 saturated carbocycles. The number of benzene rings is 2. The van der Waals surface area contributed by atoms with E-state index in [1.165, 1.54) is 46.8 Å². The third-order valence-electron chi connectivity index (χ3n) is 4.28. The first kappa shape index (κ1) is 17.0. The SMILES string of the molecule is Cc1cc(C)c(CCNC(=O)c2cc(F)cc3nccnc23)c(C)c1. The third kappa shape index (κ3) is 3.65. The van der Waals surface area contributed by atoms with Gasteiger partial charge in [-0.3, -0.25) is 14.8 Å². The Bertz CT molecular complexity index is 930. The molecule has 0 radical (unpaired) electrons. The lowest BCUT2D eigenvalue weighted by Crippen LogP contribution is -2.26. The van der Waals surface area contributed by atoms with Gasteiger partial charge in [-0.1, -0.05) is 17.7 Å². The molecule has 4 nitrogen and oxygen atoms in total. The van der Waals surface area contributed by atoms with Crippen molar-refractivity contribution in [3.8, 4) is 0 Å². The zero-order valence-corrected chi connectivity index (χ0v) is 14.6. The van der Waals surface area contributed by atoms with Gasteiger partial charge in [-0.05, 0) is 49.9 Å². The van der Waals surface area contributed by atoms with Crippen molar-refractivity contribution >= 4 is 16.9 Å². The molecule has 128 valence electrons. The van der Waals surface area contributed by atoms with Gasteiger partial charge in [-0.15, -0.1) is 0 Å². The number of rotatable bonds is 4. The molecule has 1 heterocycles. The summed E-state index contributed by atoms with van der Waals surface area (Å²) in [5.74, 6) is -0.837. The molecule has 0 unspecified atom stereocenters. The first-order chi connectivity index (χ1) is 12.0. The highest BCUT2D eigenvalue weighted by atomic mass is 19.1. The molecule has 3 aromatic rings. The van der Waals surface area contributed by atoms with Gasteiger partial charge in [0.2, 0.25) is 0 Å². The molecule has 0 aliphatic carbocycles. The lowest BCUT2D eigenvalue weighted by Gasteiger charge is -2.12. The molecule has 0 aliphatic rings. The first-order valence-corrected chi connectivity index (χ1v) is 8.21. The number of halogens is 1. The quantitative estimate of drug-likeness (QED) is 0.790. The standard InChI is InChI=1S/C20H20FN3O/c1-12-8-13(2)16(14(3)9-12)4-5-24-20(25)17-10-15(21)11-18-19(17)23-7-6-22-18/h6-11H,4-5H2,1-3H3,(H,24,25).